The summed E-state index contributed by atoms with van der Waals surface area (Å²) in [5, 5.41) is 0. The molecule has 0 N–H and O–H groups in total. The van der Waals surface area contributed by atoms with E-state index in [9.17, 15) is 9.59 Å². The normalized spacial score (nSPS) is 15.6. The molecule has 0 saturated carbocycles. The summed E-state index contributed by atoms with van der Waals surface area (Å²) < 4.78 is 0. The van der Waals surface area contributed by atoms with Crippen molar-refractivity contribution in [2.45, 2.75) is 20.4 Å². The number of pyridine rings is 1. The fourth-order valence-electron chi connectivity index (χ4n) is 2.57. The minimum absolute atomic E-state index is 0.0230. The van der Waals surface area contributed by atoms with Crippen LogP contribution in [0.15, 0.2) is 24.5 Å². The molecule has 0 unspecified atom stereocenters. The van der Waals surface area contributed by atoms with Crippen LogP contribution in [0.25, 0.3) is 0 Å². The van der Waals surface area contributed by atoms with Gasteiger partial charge in [-0.05, 0) is 18.2 Å². The number of likely N-dealkylation sites (N-methyl/N-ethyl adjacent to an activating group) is 1. The number of hydrogen-bond acceptors (Lipinski definition) is 4. The van der Waals surface area contributed by atoms with E-state index in [4.69, 9.17) is 0 Å². The molecule has 0 spiro atoms. The van der Waals surface area contributed by atoms with Gasteiger partial charge in [0.05, 0.1) is 0 Å². The van der Waals surface area contributed by atoms with Gasteiger partial charge in [-0.1, -0.05) is 13.0 Å². The zero-order valence-corrected chi connectivity index (χ0v) is 13.4. The summed E-state index contributed by atoms with van der Waals surface area (Å²) in [6.07, 6.45) is 3.42. The standard InChI is InChI=1S/C16H24N4O2/c1-3-18-7-9-19(10-8-18)16(22)13-20(14(2)21)12-15-5-4-6-17-11-15/h4-6,11H,3,7-10,12-13H2,1-2H3. The van der Waals surface area contributed by atoms with Crippen LogP contribution in [0, 0.1) is 0 Å². The van der Waals surface area contributed by atoms with Gasteiger partial charge in [-0.15, -0.1) is 0 Å². The van der Waals surface area contributed by atoms with Gasteiger partial charge in [0.25, 0.3) is 0 Å². The molecule has 120 valence electrons. The van der Waals surface area contributed by atoms with E-state index in [2.05, 4.69) is 16.8 Å². The Labute approximate surface area is 131 Å². The summed E-state index contributed by atoms with van der Waals surface area (Å²) in [4.78, 5) is 34.0. The van der Waals surface area contributed by atoms with Crippen molar-refractivity contribution in [2.75, 3.05) is 39.3 Å². The van der Waals surface area contributed by atoms with E-state index < -0.39 is 0 Å². The smallest absolute Gasteiger partial charge is 0.242 e. The highest BCUT2D eigenvalue weighted by atomic mass is 16.2. The van der Waals surface area contributed by atoms with Gasteiger partial charge in [-0.3, -0.25) is 14.6 Å². The molecule has 0 radical (unpaired) electrons. The molecule has 1 aromatic heterocycles. The molecule has 0 atom stereocenters. The van der Waals surface area contributed by atoms with Gasteiger partial charge in [-0.25, -0.2) is 0 Å². The highest BCUT2D eigenvalue weighted by Crippen LogP contribution is 2.06. The number of amides is 2. The molecule has 1 fully saturated rings. The molecule has 6 heteroatoms. The molecular formula is C16H24N4O2. The Morgan fingerprint density at radius 2 is 2.00 bits per heavy atom. The third-order valence-electron chi connectivity index (χ3n) is 4.04. The molecule has 1 aromatic rings. The zero-order chi connectivity index (χ0) is 15.9. The minimum Gasteiger partial charge on any atom is -0.339 e. The van der Waals surface area contributed by atoms with E-state index >= 15 is 0 Å². The molecule has 1 saturated heterocycles. The van der Waals surface area contributed by atoms with Crippen molar-refractivity contribution in [3.05, 3.63) is 30.1 Å². The van der Waals surface area contributed by atoms with Crippen molar-refractivity contribution >= 4 is 11.8 Å². The molecule has 0 aromatic carbocycles. The van der Waals surface area contributed by atoms with Crippen LogP contribution in [-0.4, -0.2) is 70.8 Å². The SMILES string of the molecule is CCN1CCN(C(=O)CN(Cc2cccnc2)C(C)=O)CC1. The predicted octanol–water partition coefficient (Wildman–Crippen LogP) is 0.594. The van der Waals surface area contributed by atoms with Gasteiger partial charge in [0, 0.05) is 52.0 Å². The molecule has 2 rings (SSSR count). The number of carbonyl (C=O) groups excluding carboxylic acids is 2. The number of aromatic nitrogens is 1. The first kappa shape index (κ1) is 16.4. The average Bonchev–Trinajstić information content (AvgIpc) is 2.55. The van der Waals surface area contributed by atoms with Gasteiger partial charge in [-0.2, -0.15) is 0 Å². The predicted molar refractivity (Wildman–Crippen MR) is 84.0 cm³/mol. The topological polar surface area (TPSA) is 56.8 Å². The fraction of sp³-hybridized carbons (Fsp3) is 0.562. The quantitative estimate of drug-likeness (QED) is 0.799. The third-order valence-corrected chi connectivity index (χ3v) is 4.04. The maximum absolute atomic E-state index is 12.4. The van der Waals surface area contributed by atoms with Crippen molar-refractivity contribution in [3.8, 4) is 0 Å². The first-order chi connectivity index (χ1) is 10.6. The van der Waals surface area contributed by atoms with Crippen LogP contribution >= 0.6 is 0 Å². The zero-order valence-electron chi connectivity index (χ0n) is 13.4. The van der Waals surface area contributed by atoms with E-state index in [-0.39, 0.29) is 18.4 Å². The van der Waals surface area contributed by atoms with Crippen LogP contribution in [0.4, 0.5) is 0 Å². The molecule has 22 heavy (non-hydrogen) atoms. The van der Waals surface area contributed by atoms with E-state index in [0.29, 0.717) is 6.54 Å². The molecule has 6 nitrogen and oxygen atoms in total. The van der Waals surface area contributed by atoms with Crippen molar-refractivity contribution in [1.29, 1.82) is 0 Å². The second-order valence-electron chi connectivity index (χ2n) is 5.55. The maximum atomic E-state index is 12.4. The molecule has 1 aliphatic rings. The number of piperazine rings is 1. The molecular weight excluding hydrogens is 280 g/mol. The Morgan fingerprint density at radius 1 is 1.27 bits per heavy atom. The maximum Gasteiger partial charge on any atom is 0.242 e. The lowest BCUT2D eigenvalue weighted by Gasteiger charge is -2.35. The van der Waals surface area contributed by atoms with E-state index in [1.807, 2.05) is 17.0 Å². The van der Waals surface area contributed by atoms with Crippen molar-refractivity contribution < 1.29 is 9.59 Å². The lowest BCUT2D eigenvalue weighted by molar-refractivity contribution is -0.141. The molecule has 2 amide bonds. The summed E-state index contributed by atoms with van der Waals surface area (Å²) in [6, 6.07) is 3.74. The largest absolute Gasteiger partial charge is 0.339 e. The Morgan fingerprint density at radius 3 is 2.55 bits per heavy atom. The average molecular weight is 304 g/mol. The number of hydrogen-bond donors (Lipinski definition) is 0. The summed E-state index contributed by atoms with van der Waals surface area (Å²) >= 11 is 0. The highest BCUT2D eigenvalue weighted by Gasteiger charge is 2.23. The molecule has 0 bridgehead atoms. The summed E-state index contributed by atoms with van der Waals surface area (Å²) in [5.74, 6) is -0.0701. The lowest BCUT2D eigenvalue weighted by Crippen LogP contribution is -2.51. The second-order valence-corrected chi connectivity index (χ2v) is 5.55. The molecule has 1 aliphatic heterocycles. The van der Waals surface area contributed by atoms with Gasteiger partial charge >= 0.3 is 0 Å². The number of nitrogens with zero attached hydrogens (tertiary/aromatic N) is 4. The molecule has 2 heterocycles. The van der Waals surface area contributed by atoms with Gasteiger partial charge < -0.3 is 14.7 Å². The summed E-state index contributed by atoms with van der Waals surface area (Å²) in [7, 11) is 0. The van der Waals surface area contributed by atoms with Crippen molar-refractivity contribution in [1.82, 2.24) is 19.7 Å². The monoisotopic (exact) mass is 304 g/mol. The Hall–Kier alpha value is -1.95. The lowest BCUT2D eigenvalue weighted by atomic mass is 10.2. The Kier molecular flexibility index (Phi) is 5.89. The van der Waals surface area contributed by atoms with Crippen LogP contribution < -0.4 is 0 Å². The highest BCUT2D eigenvalue weighted by molar-refractivity contribution is 5.83. The van der Waals surface area contributed by atoms with Crippen LogP contribution in [0.5, 0.6) is 0 Å². The summed E-state index contributed by atoms with van der Waals surface area (Å²) in [5.41, 5.74) is 0.932. The van der Waals surface area contributed by atoms with Crippen molar-refractivity contribution in [3.63, 3.8) is 0 Å². The number of carbonyl (C=O) groups is 2. The van der Waals surface area contributed by atoms with Crippen LogP contribution in [0.2, 0.25) is 0 Å². The van der Waals surface area contributed by atoms with Crippen molar-refractivity contribution in [2.24, 2.45) is 0 Å². The van der Waals surface area contributed by atoms with E-state index in [0.717, 1.165) is 38.3 Å². The van der Waals surface area contributed by atoms with Crippen LogP contribution in [0.1, 0.15) is 19.4 Å². The minimum atomic E-state index is -0.0932. The van der Waals surface area contributed by atoms with Crippen LogP contribution in [-0.2, 0) is 16.1 Å². The second kappa shape index (κ2) is 7.89. The van der Waals surface area contributed by atoms with Gasteiger partial charge in [0.15, 0.2) is 0 Å². The van der Waals surface area contributed by atoms with Gasteiger partial charge in [0.1, 0.15) is 6.54 Å². The third kappa shape index (κ3) is 4.53. The number of rotatable bonds is 5. The van der Waals surface area contributed by atoms with E-state index in [1.54, 1.807) is 17.3 Å². The van der Waals surface area contributed by atoms with Gasteiger partial charge in [0.2, 0.25) is 11.8 Å². The molecule has 0 aliphatic carbocycles. The first-order valence-corrected chi connectivity index (χ1v) is 7.74. The van der Waals surface area contributed by atoms with E-state index in [1.165, 1.54) is 6.92 Å². The first-order valence-electron chi connectivity index (χ1n) is 7.74. The summed E-state index contributed by atoms with van der Waals surface area (Å²) in [6.45, 7) is 8.50. The Bertz CT molecular complexity index is 498. The Balaban J connectivity index is 1.91. The fourth-order valence-corrected chi connectivity index (χ4v) is 2.57. The van der Waals surface area contributed by atoms with Crippen LogP contribution in [0.3, 0.4) is 0 Å².